The Hall–Kier alpha value is -4.88. The van der Waals surface area contributed by atoms with E-state index in [-0.39, 0.29) is 0 Å². The van der Waals surface area contributed by atoms with Gasteiger partial charge in [0.2, 0.25) is 0 Å². The van der Waals surface area contributed by atoms with Crippen molar-refractivity contribution in [1.82, 2.24) is 4.57 Å². The first kappa shape index (κ1) is 21.4. The zero-order chi connectivity index (χ0) is 24.6. The molecule has 0 spiro atoms. The summed E-state index contributed by atoms with van der Waals surface area (Å²) in [4.78, 5) is 0. The van der Waals surface area contributed by atoms with Crippen molar-refractivity contribution in [2.45, 2.75) is 0 Å². The second-order valence-electron chi connectivity index (χ2n) is 9.42. The van der Waals surface area contributed by atoms with E-state index in [0.29, 0.717) is 0 Å². The highest BCUT2D eigenvalue weighted by Gasteiger charge is 2.17. The lowest BCUT2D eigenvalue weighted by atomic mass is 9.97. The lowest BCUT2D eigenvalue weighted by Gasteiger charge is -2.14. The molecular formula is C36H25N. The molecule has 0 aliphatic rings. The normalized spacial score (nSPS) is 11.2. The molecule has 37 heavy (non-hydrogen) atoms. The van der Waals surface area contributed by atoms with Crippen LogP contribution in [0, 0.1) is 0 Å². The number of hydrogen-bond acceptors (Lipinski definition) is 0. The molecule has 0 aliphatic heterocycles. The van der Waals surface area contributed by atoms with Gasteiger partial charge in [-0.15, -0.1) is 0 Å². The molecule has 7 rings (SSSR count). The van der Waals surface area contributed by atoms with Gasteiger partial charge in [0.25, 0.3) is 0 Å². The van der Waals surface area contributed by atoms with Crippen molar-refractivity contribution in [3.8, 4) is 39.1 Å². The highest BCUT2D eigenvalue weighted by atomic mass is 15.0. The summed E-state index contributed by atoms with van der Waals surface area (Å²) >= 11 is 0. The molecule has 0 saturated carbocycles. The summed E-state index contributed by atoms with van der Waals surface area (Å²) in [6.07, 6.45) is 0. The summed E-state index contributed by atoms with van der Waals surface area (Å²) in [5.74, 6) is 0. The van der Waals surface area contributed by atoms with Crippen LogP contribution in [0.1, 0.15) is 0 Å². The van der Waals surface area contributed by atoms with Crippen LogP contribution in [0.4, 0.5) is 0 Å². The Morgan fingerprint density at radius 3 is 1.65 bits per heavy atom. The van der Waals surface area contributed by atoms with E-state index in [4.69, 9.17) is 0 Å². The molecule has 0 saturated heterocycles. The average molecular weight is 472 g/mol. The van der Waals surface area contributed by atoms with Gasteiger partial charge in [-0.25, -0.2) is 0 Å². The summed E-state index contributed by atoms with van der Waals surface area (Å²) < 4.78 is 2.43. The standard InChI is InChI=1S/C36H25N/c1-3-12-26(13-4-1)28-16-9-18-30(24-28)32-21-11-22-34-33-20-7-8-23-35(33)37(36(32)34)31-19-10-17-29(25-31)27-14-5-2-6-15-27/h1-25H. The maximum atomic E-state index is 2.43. The minimum atomic E-state index is 1.17. The lowest BCUT2D eigenvalue weighted by molar-refractivity contribution is 1.18. The van der Waals surface area contributed by atoms with Gasteiger partial charge in [-0.1, -0.05) is 127 Å². The van der Waals surface area contributed by atoms with Crippen molar-refractivity contribution in [2.24, 2.45) is 0 Å². The van der Waals surface area contributed by atoms with Gasteiger partial charge >= 0.3 is 0 Å². The van der Waals surface area contributed by atoms with E-state index in [1.165, 1.54) is 60.9 Å². The van der Waals surface area contributed by atoms with Crippen LogP contribution in [0.15, 0.2) is 152 Å². The molecule has 1 heteroatoms. The van der Waals surface area contributed by atoms with Gasteiger partial charge in [0.15, 0.2) is 0 Å². The molecule has 0 bridgehead atoms. The molecule has 174 valence electrons. The predicted molar refractivity (Wildman–Crippen MR) is 157 cm³/mol. The minimum Gasteiger partial charge on any atom is -0.309 e. The molecule has 0 unspecified atom stereocenters. The molecule has 0 N–H and O–H groups in total. The Labute approximate surface area is 216 Å². The van der Waals surface area contributed by atoms with Gasteiger partial charge < -0.3 is 4.57 Å². The fourth-order valence-corrected chi connectivity index (χ4v) is 5.47. The fourth-order valence-electron chi connectivity index (χ4n) is 5.47. The first-order chi connectivity index (χ1) is 18.4. The molecule has 0 amide bonds. The molecule has 0 fully saturated rings. The maximum absolute atomic E-state index is 2.43. The summed E-state index contributed by atoms with van der Waals surface area (Å²) in [6.45, 7) is 0. The van der Waals surface area contributed by atoms with Crippen LogP contribution in [0.25, 0.3) is 60.9 Å². The van der Waals surface area contributed by atoms with Crippen LogP contribution in [0.5, 0.6) is 0 Å². The minimum absolute atomic E-state index is 1.17. The molecule has 6 aromatic carbocycles. The highest BCUT2D eigenvalue weighted by molar-refractivity contribution is 6.13. The van der Waals surface area contributed by atoms with Gasteiger partial charge in [-0.2, -0.15) is 0 Å². The van der Waals surface area contributed by atoms with Gasteiger partial charge in [0, 0.05) is 22.0 Å². The molecule has 1 nitrogen and oxygen atoms in total. The third-order valence-electron chi connectivity index (χ3n) is 7.19. The number of nitrogens with zero attached hydrogens (tertiary/aromatic N) is 1. The van der Waals surface area contributed by atoms with Crippen LogP contribution in [0.3, 0.4) is 0 Å². The van der Waals surface area contributed by atoms with Crippen molar-refractivity contribution < 1.29 is 0 Å². The van der Waals surface area contributed by atoms with Gasteiger partial charge in [-0.3, -0.25) is 0 Å². The Morgan fingerprint density at radius 1 is 0.351 bits per heavy atom. The number of aromatic nitrogens is 1. The molecule has 7 aromatic rings. The lowest BCUT2D eigenvalue weighted by Crippen LogP contribution is -1.96. The number of hydrogen-bond donors (Lipinski definition) is 0. The van der Waals surface area contributed by atoms with Crippen molar-refractivity contribution in [3.05, 3.63) is 152 Å². The van der Waals surface area contributed by atoms with Crippen LogP contribution in [0.2, 0.25) is 0 Å². The predicted octanol–water partition coefficient (Wildman–Crippen LogP) is 9.78. The van der Waals surface area contributed by atoms with E-state index in [9.17, 15) is 0 Å². The summed E-state index contributed by atoms with van der Waals surface area (Å²) in [5, 5.41) is 2.53. The van der Waals surface area contributed by atoms with Gasteiger partial charge in [0.1, 0.15) is 0 Å². The Bertz CT molecular complexity index is 1860. The van der Waals surface area contributed by atoms with E-state index in [2.05, 4.69) is 156 Å². The van der Waals surface area contributed by atoms with Crippen molar-refractivity contribution in [3.63, 3.8) is 0 Å². The highest BCUT2D eigenvalue weighted by Crippen LogP contribution is 2.39. The number of fused-ring (bicyclic) bond motifs is 3. The van der Waals surface area contributed by atoms with Crippen molar-refractivity contribution >= 4 is 21.8 Å². The summed E-state index contributed by atoms with van der Waals surface area (Å²) in [5.41, 5.74) is 11.0. The third kappa shape index (κ3) is 3.73. The average Bonchev–Trinajstić information content (AvgIpc) is 3.33. The van der Waals surface area contributed by atoms with Crippen molar-refractivity contribution in [2.75, 3.05) is 0 Å². The van der Waals surface area contributed by atoms with Crippen LogP contribution in [-0.4, -0.2) is 4.57 Å². The van der Waals surface area contributed by atoms with E-state index < -0.39 is 0 Å². The summed E-state index contributed by atoms with van der Waals surface area (Å²) in [7, 11) is 0. The fraction of sp³-hybridized carbons (Fsp3) is 0. The molecule has 0 radical (unpaired) electrons. The summed E-state index contributed by atoms with van der Waals surface area (Å²) in [6, 6.07) is 54.4. The topological polar surface area (TPSA) is 4.93 Å². The Kier molecular flexibility index (Phi) is 5.19. The zero-order valence-electron chi connectivity index (χ0n) is 20.4. The second kappa shape index (κ2) is 8.96. The number of rotatable bonds is 4. The molecule has 1 heterocycles. The molecular weight excluding hydrogens is 446 g/mol. The first-order valence-electron chi connectivity index (χ1n) is 12.7. The molecule has 0 atom stereocenters. The first-order valence-corrected chi connectivity index (χ1v) is 12.7. The van der Waals surface area contributed by atoms with Gasteiger partial charge in [0.05, 0.1) is 11.0 Å². The van der Waals surface area contributed by atoms with Crippen LogP contribution >= 0.6 is 0 Å². The monoisotopic (exact) mass is 471 g/mol. The maximum Gasteiger partial charge on any atom is 0.0619 e. The van der Waals surface area contributed by atoms with E-state index in [1.54, 1.807) is 0 Å². The molecule has 0 aliphatic carbocycles. The number of benzene rings is 6. The quantitative estimate of drug-likeness (QED) is 0.241. The zero-order valence-corrected chi connectivity index (χ0v) is 20.4. The van der Waals surface area contributed by atoms with E-state index >= 15 is 0 Å². The molecule has 1 aromatic heterocycles. The SMILES string of the molecule is c1ccc(-c2cccc(-c3cccc4c5ccccc5n(-c5cccc(-c6ccccc6)c5)c34)c2)cc1. The van der Waals surface area contributed by atoms with E-state index in [0.717, 1.165) is 0 Å². The smallest absolute Gasteiger partial charge is 0.0619 e. The van der Waals surface area contributed by atoms with E-state index in [1.807, 2.05) is 0 Å². The Morgan fingerprint density at radius 2 is 0.892 bits per heavy atom. The largest absolute Gasteiger partial charge is 0.309 e. The van der Waals surface area contributed by atoms with Gasteiger partial charge in [-0.05, 0) is 52.1 Å². The van der Waals surface area contributed by atoms with Crippen LogP contribution < -0.4 is 0 Å². The third-order valence-corrected chi connectivity index (χ3v) is 7.19. The second-order valence-corrected chi connectivity index (χ2v) is 9.42. The van der Waals surface area contributed by atoms with Crippen LogP contribution in [-0.2, 0) is 0 Å². The Balaban J connectivity index is 1.50. The van der Waals surface area contributed by atoms with Crippen molar-refractivity contribution in [1.29, 1.82) is 0 Å². The number of para-hydroxylation sites is 2.